The molecule has 2 aliphatic rings. The SMILES string of the molecule is O=C(C1CCN(n2ccccc2=O)CC1)N1CCN(c2ncc(C(F)(F)F)cn2)CC1. The van der Waals surface area contributed by atoms with E-state index in [1.165, 1.54) is 6.07 Å². The normalized spacial score (nSPS) is 18.4. The number of hydrogen-bond acceptors (Lipinski definition) is 6. The third-order valence-electron chi connectivity index (χ3n) is 5.77. The minimum absolute atomic E-state index is 0.0890. The Bertz CT molecular complexity index is 962. The van der Waals surface area contributed by atoms with Crippen LogP contribution in [0.15, 0.2) is 41.6 Å². The second-order valence-electron chi connectivity index (χ2n) is 7.69. The Morgan fingerprint density at radius 3 is 2.19 bits per heavy atom. The predicted octanol–water partition coefficient (Wildman–Crippen LogP) is 1.35. The van der Waals surface area contributed by atoms with E-state index in [1.807, 2.05) is 5.01 Å². The first-order valence-electron chi connectivity index (χ1n) is 10.2. The Balaban J connectivity index is 1.29. The molecular formula is C20H23F3N6O2. The van der Waals surface area contributed by atoms with E-state index in [9.17, 15) is 22.8 Å². The second-order valence-corrected chi connectivity index (χ2v) is 7.69. The van der Waals surface area contributed by atoms with Crippen molar-refractivity contribution in [3.05, 3.63) is 52.7 Å². The topological polar surface area (TPSA) is 74.6 Å². The van der Waals surface area contributed by atoms with Gasteiger partial charge in [-0.15, -0.1) is 0 Å². The third kappa shape index (κ3) is 4.64. The Hall–Kier alpha value is -3.11. The number of hydrogen-bond donors (Lipinski definition) is 0. The summed E-state index contributed by atoms with van der Waals surface area (Å²) in [5, 5.41) is 1.95. The van der Waals surface area contributed by atoms with Gasteiger partial charge in [-0.05, 0) is 18.9 Å². The number of amides is 1. The van der Waals surface area contributed by atoms with E-state index in [1.54, 1.807) is 32.8 Å². The van der Waals surface area contributed by atoms with Gasteiger partial charge in [0.15, 0.2) is 0 Å². The molecule has 0 N–H and O–H groups in total. The van der Waals surface area contributed by atoms with Crippen LogP contribution in [-0.4, -0.2) is 64.7 Å². The fourth-order valence-corrected chi connectivity index (χ4v) is 4.00. The summed E-state index contributed by atoms with van der Waals surface area (Å²) >= 11 is 0. The minimum Gasteiger partial charge on any atom is -0.339 e. The number of carbonyl (C=O) groups is 1. The van der Waals surface area contributed by atoms with Crippen molar-refractivity contribution in [1.29, 1.82) is 0 Å². The maximum Gasteiger partial charge on any atom is 0.419 e. The van der Waals surface area contributed by atoms with Crippen LogP contribution < -0.4 is 15.5 Å². The van der Waals surface area contributed by atoms with Crippen molar-refractivity contribution in [3.8, 4) is 0 Å². The number of halogens is 3. The highest BCUT2D eigenvalue weighted by atomic mass is 19.4. The molecule has 0 bridgehead atoms. The van der Waals surface area contributed by atoms with E-state index in [0.717, 1.165) is 12.4 Å². The van der Waals surface area contributed by atoms with Crippen LogP contribution in [0.2, 0.25) is 0 Å². The van der Waals surface area contributed by atoms with Crippen molar-refractivity contribution in [1.82, 2.24) is 19.5 Å². The summed E-state index contributed by atoms with van der Waals surface area (Å²) < 4.78 is 39.6. The molecule has 0 aliphatic carbocycles. The summed E-state index contributed by atoms with van der Waals surface area (Å²) in [5.41, 5.74) is -0.969. The highest BCUT2D eigenvalue weighted by Crippen LogP contribution is 2.28. The molecule has 2 aromatic heterocycles. The van der Waals surface area contributed by atoms with E-state index in [4.69, 9.17) is 0 Å². The summed E-state index contributed by atoms with van der Waals surface area (Å²) in [7, 11) is 0. The molecule has 0 radical (unpaired) electrons. The molecule has 166 valence electrons. The molecule has 0 spiro atoms. The van der Waals surface area contributed by atoms with Crippen molar-refractivity contribution in [2.75, 3.05) is 49.2 Å². The molecule has 2 fully saturated rings. The van der Waals surface area contributed by atoms with E-state index < -0.39 is 11.7 Å². The van der Waals surface area contributed by atoms with Gasteiger partial charge in [0.25, 0.3) is 5.56 Å². The molecule has 2 aromatic rings. The lowest BCUT2D eigenvalue weighted by Gasteiger charge is -2.39. The van der Waals surface area contributed by atoms with Crippen molar-refractivity contribution < 1.29 is 18.0 Å². The average Bonchev–Trinajstić information content (AvgIpc) is 2.79. The quantitative estimate of drug-likeness (QED) is 0.723. The molecular weight excluding hydrogens is 413 g/mol. The van der Waals surface area contributed by atoms with Crippen LogP contribution in [0.1, 0.15) is 18.4 Å². The van der Waals surface area contributed by atoms with E-state index in [-0.39, 0.29) is 23.3 Å². The van der Waals surface area contributed by atoms with Gasteiger partial charge >= 0.3 is 6.18 Å². The van der Waals surface area contributed by atoms with Crippen molar-refractivity contribution in [3.63, 3.8) is 0 Å². The molecule has 2 saturated heterocycles. The Morgan fingerprint density at radius 1 is 0.968 bits per heavy atom. The van der Waals surface area contributed by atoms with Gasteiger partial charge in [0.1, 0.15) is 0 Å². The first-order chi connectivity index (χ1) is 14.8. The molecule has 11 heteroatoms. The second kappa shape index (κ2) is 8.56. The van der Waals surface area contributed by atoms with Crippen molar-refractivity contribution >= 4 is 11.9 Å². The van der Waals surface area contributed by atoms with Crippen LogP contribution in [0, 0.1) is 5.92 Å². The number of piperazine rings is 1. The van der Waals surface area contributed by atoms with Gasteiger partial charge < -0.3 is 14.8 Å². The molecule has 0 saturated carbocycles. The monoisotopic (exact) mass is 436 g/mol. The van der Waals surface area contributed by atoms with Gasteiger partial charge in [0.2, 0.25) is 11.9 Å². The van der Waals surface area contributed by atoms with Gasteiger partial charge in [0, 0.05) is 69.8 Å². The minimum atomic E-state index is -4.46. The first kappa shape index (κ1) is 21.1. The Kier molecular flexibility index (Phi) is 5.84. The maximum atomic E-state index is 12.9. The number of pyridine rings is 1. The van der Waals surface area contributed by atoms with E-state index in [2.05, 4.69) is 9.97 Å². The molecule has 2 aliphatic heterocycles. The number of aromatic nitrogens is 3. The van der Waals surface area contributed by atoms with Gasteiger partial charge in [-0.25, -0.2) is 14.6 Å². The highest BCUT2D eigenvalue weighted by molar-refractivity contribution is 5.79. The van der Waals surface area contributed by atoms with E-state index >= 15 is 0 Å². The highest BCUT2D eigenvalue weighted by Gasteiger charge is 2.33. The molecule has 4 heterocycles. The van der Waals surface area contributed by atoms with Gasteiger partial charge in [-0.3, -0.25) is 9.59 Å². The molecule has 1 amide bonds. The maximum absolute atomic E-state index is 12.9. The molecule has 31 heavy (non-hydrogen) atoms. The zero-order valence-electron chi connectivity index (χ0n) is 16.8. The standard InChI is InChI=1S/C20H23F3N6O2/c21-20(22,23)16-13-24-19(25-14-16)27-11-9-26(10-12-27)18(31)15-4-7-28(8-5-15)29-6-2-1-3-17(29)30/h1-3,6,13-15H,4-5,7-12H2. The predicted molar refractivity (Wildman–Crippen MR) is 107 cm³/mol. The molecule has 4 rings (SSSR count). The number of anilines is 1. The summed E-state index contributed by atoms with van der Waals surface area (Å²) in [6, 6.07) is 5.01. The molecule has 0 atom stereocenters. The molecule has 0 unspecified atom stereocenters. The van der Waals surface area contributed by atoms with Crippen LogP contribution in [0.3, 0.4) is 0 Å². The zero-order valence-corrected chi connectivity index (χ0v) is 16.8. The van der Waals surface area contributed by atoms with Crippen LogP contribution in [-0.2, 0) is 11.0 Å². The van der Waals surface area contributed by atoms with Crippen LogP contribution in [0.25, 0.3) is 0 Å². The number of piperidine rings is 1. The smallest absolute Gasteiger partial charge is 0.339 e. The Labute approximate surface area is 176 Å². The van der Waals surface area contributed by atoms with Crippen molar-refractivity contribution in [2.24, 2.45) is 5.92 Å². The largest absolute Gasteiger partial charge is 0.419 e. The Morgan fingerprint density at radius 2 is 1.61 bits per heavy atom. The summed E-state index contributed by atoms with van der Waals surface area (Å²) in [6.45, 7) is 3.13. The number of rotatable bonds is 3. The average molecular weight is 436 g/mol. The lowest BCUT2D eigenvalue weighted by atomic mass is 9.96. The summed E-state index contributed by atoms with van der Waals surface area (Å²) in [6.07, 6.45) is 0.169. The summed E-state index contributed by atoms with van der Waals surface area (Å²) in [4.78, 5) is 36.1. The number of alkyl halides is 3. The lowest BCUT2D eigenvalue weighted by molar-refractivity contribution is -0.138. The zero-order chi connectivity index (χ0) is 22.0. The molecule has 0 aromatic carbocycles. The number of carbonyl (C=O) groups excluding carboxylic acids is 1. The first-order valence-corrected chi connectivity index (χ1v) is 10.2. The lowest BCUT2D eigenvalue weighted by Crippen LogP contribution is -2.53. The van der Waals surface area contributed by atoms with Crippen LogP contribution in [0.4, 0.5) is 19.1 Å². The van der Waals surface area contributed by atoms with Gasteiger partial charge in [-0.1, -0.05) is 6.07 Å². The third-order valence-corrected chi connectivity index (χ3v) is 5.77. The molecule has 8 nitrogen and oxygen atoms in total. The fourth-order valence-electron chi connectivity index (χ4n) is 4.00. The number of nitrogens with zero attached hydrogens (tertiary/aromatic N) is 6. The van der Waals surface area contributed by atoms with Crippen molar-refractivity contribution in [2.45, 2.75) is 19.0 Å². The van der Waals surface area contributed by atoms with Crippen LogP contribution in [0.5, 0.6) is 0 Å². The van der Waals surface area contributed by atoms with Crippen LogP contribution >= 0.6 is 0 Å². The van der Waals surface area contributed by atoms with E-state index in [0.29, 0.717) is 52.1 Å². The summed E-state index contributed by atoms with van der Waals surface area (Å²) in [5.74, 6) is 0.235. The fraction of sp³-hybridized carbons (Fsp3) is 0.500. The van der Waals surface area contributed by atoms with Gasteiger partial charge in [-0.2, -0.15) is 13.2 Å². The van der Waals surface area contributed by atoms with Gasteiger partial charge in [0.05, 0.1) is 5.56 Å².